The van der Waals surface area contributed by atoms with Gasteiger partial charge in [-0.15, -0.1) is 0 Å². The highest BCUT2D eigenvalue weighted by molar-refractivity contribution is 5.54. The lowest BCUT2D eigenvalue weighted by molar-refractivity contribution is 0.189. The molecule has 1 aromatic rings. The molecule has 0 aliphatic rings. The van der Waals surface area contributed by atoms with Crippen LogP contribution in [0.25, 0.3) is 0 Å². The molecule has 4 N–H and O–H groups in total. The van der Waals surface area contributed by atoms with Gasteiger partial charge in [0.25, 0.3) is 0 Å². The highest BCUT2D eigenvalue weighted by atomic mass is 16.5. The quantitative estimate of drug-likeness (QED) is 0.644. The first-order chi connectivity index (χ1) is 8.48. The molecular formula is C14H24N2O2. The predicted octanol–water partition coefficient (Wildman–Crippen LogP) is 1.57. The molecule has 0 heterocycles. The van der Waals surface area contributed by atoms with Crippen molar-refractivity contribution < 1.29 is 9.84 Å². The fourth-order valence-corrected chi connectivity index (χ4v) is 1.64. The summed E-state index contributed by atoms with van der Waals surface area (Å²) in [5, 5.41) is 12.4. The number of benzene rings is 1. The number of aliphatic hydroxyl groups excluding tert-OH is 1. The Morgan fingerprint density at radius 3 is 2.67 bits per heavy atom. The molecule has 0 spiro atoms. The van der Waals surface area contributed by atoms with Crippen molar-refractivity contribution in [3.8, 4) is 5.75 Å². The number of hydrogen-bond donors (Lipinski definition) is 3. The molecule has 0 unspecified atom stereocenters. The lowest BCUT2D eigenvalue weighted by Crippen LogP contribution is -2.43. The number of rotatable bonds is 7. The highest BCUT2D eigenvalue weighted by Crippen LogP contribution is 2.22. The largest absolute Gasteiger partial charge is 0.492 e. The zero-order valence-electron chi connectivity index (χ0n) is 11.5. The number of anilines is 1. The Labute approximate surface area is 109 Å². The van der Waals surface area contributed by atoms with Crippen molar-refractivity contribution >= 4 is 5.69 Å². The van der Waals surface area contributed by atoms with E-state index in [2.05, 4.69) is 5.32 Å². The minimum absolute atomic E-state index is 0.123. The van der Waals surface area contributed by atoms with Crippen molar-refractivity contribution in [2.75, 3.05) is 25.5 Å². The summed E-state index contributed by atoms with van der Waals surface area (Å²) < 4.78 is 5.39. The van der Waals surface area contributed by atoms with Gasteiger partial charge in [0.05, 0.1) is 18.9 Å². The third-order valence-corrected chi connectivity index (χ3v) is 2.79. The molecule has 18 heavy (non-hydrogen) atoms. The van der Waals surface area contributed by atoms with E-state index in [4.69, 9.17) is 15.6 Å². The van der Waals surface area contributed by atoms with Gasteiger partial charge in [0.1, 0.15) is 5.75 Å². The Bertz CT molecular complexity index is 378. The maximum absolute atomic E-state index is 9.13. The van der Waals surface area contributed by atoms with Crippen LogP contribution in [0.15, 0.2) is 18.2 Å². The Hall–Kier alpha value is -1.26. The van der Waals surface area contributed by atoms with Gasteiger partial charge in [-0.05, 0) is 51.4 Å². The van der Waals surface area contributed by atoms with E-state index >= 15 is 0 Å². The minimum Gasteiger partial charge on any atom is -0.492 e. The van der Waals surface area contributed by atoms with Crippen molar-refractivity contribution in [1.82, 2.24) is 5.32 Å². The number of nitrogens with one attached hydrogen (secondary N) is 1. The van der Waals surface area contributed by atoms with Gasteiger partial charge < -0.3 is 20.9 Å². The average Bonchev–Trinajstić information content (AvgIpc) is 2.32. The Kier molecular flexibility index (Phi) is 5.44. The van der Waals surface area contributed by atoms with E-state index in [-0.39, 0.29) is 12.1 Å². The van der Waals surface area contributed by atoms with Crippen molar-refractivity contribution in [3.05, 3.63) is 23.8 Å². The Morgan fingerprint density at radius 1 is 1.39 bits per heavy atom. The van der Waals surface area contributed by atoms with Gasteiger partial charge in [-0.25, -0.2) is 0 Å². The molecule has 4 heteroatoms. The van der Waals surface area contributed by atoms with E-state index < -0.39 is 0 Å². The monoisotopic (exact) mass is 252 g/mol. The smallest absolute Gasteiger partial charge is 0.142 e. The molecule has 1 aromatic carbocycles. The number of aliphatic hydroxyl groups is 1. The summed E-state index contributed by atoms with van der Waals surface area (Å²) in [5.41, 5.74) is 7.51. The average molecular weight is 252 g/mol. The lowest BCUT2D eigenvalue weighted by atomic mass is 10.1. The van der Waals surface area contributed by atoms with E-state index in [9.17, 15) is 0 Å². The second kappa shape index (κ2) is 6.61. The fourth-order valence-electron chi connectivity index (χ4n) is 1.64. The number of nitrogens with two attached hydrogens (primary N) is 1. The third kappa shape index (κ3) is 4.55. The molecule has 0 amide bonds. The molecule has 0 atom stereocenters. The van der Waals surface area contributed by atoms with Crippen molar-refractivity contribution in [1.29, 1.82) is 0 Å². The van der Waals surface area contributed by atoms with Crippen LogP contribution in [0.1, 0.15) is 26.3 Å². The maximum atomic E-state index is 9.13. The van der Waals surface area contributed by atoms with E-state index in [0.717, 1.165) is 24.3 Å². The zero-order valence-corrected chi connectivity index (χ0v) is 11.5. The van der Waals surface area contributed by atoms with Crippen molar-refractivity contribution in [3.63, 3.8) is 0 Å². The molecule has 0 aromatic heterocycles. The summed E-state index contributed by atoms with van der Waals surface area (Å²) in [6, 6.07) is 5.87. The topological polar surface area (TPSA) is 67.5 Å². The maximum Gasteiger partial charge on any atom is 0.142 e. The molecule has 1 rings (SSSR count). The summed E-state index contributed by atoms with van der Waals surface area (Å²) in [6.07, 6.45) is 0.875. The first-order valence-corrected chi connectivity index (χ1v) is 6.35. The Morgan fingerprint density at radius 2 is 2.11 bits per heavy atom. The summed E-state index contributed by atoms with van der Waals surface area (Å²) in [4.78, 5) is 0. The molecule has 0 fully saturated rings. The van der Waals surface area contributed by atoms with Crippen LogP contribution >= 0.6 is 0 Å². The first kappa shape index (κ1) is 14.8. The highest BCUT2D eigenvalue weighted by Gasteiger charge is 2.14. The van der Waals surface area contributed by atoms with Crippen molar-refractivity contribution in [2.45, 2.75) is 32.7 Å². The van der Waals surface area contributed by atoms with Gasteiger partial charge in [-0.2, -0.15) is 0 Å². The molecule has 0 saturated heterocycles. The van der Waals surface area contributed by atoms with Crippen LogP contribution in [0.2, 0.25) is 0 Å². The van der Waals surface area contributed by atoms with Crippen LogP contribution in [0, 0.1) is 0 Å². The number of nitrogen functional groups attached to an aromatic ring is 1. The van der Waals surface area contributed by atoms with Crippen LogP contribution in [-0.2, 0) is 6.42 Å². The molecule has 0 aliphatic heterocycles. The van der Waals surface area contributed by atoms with E-state index in [1.165, 1.54) is 0 Å². The van der Waals surface area contributed by atoms with Gasteiger partial charge in [0, 0.05) is 5.54 Å². The van der Waals surface area contributed by atoms with E-state index in [1.807, 2.05) is 39.0 Å². The minimum atomic E-state index is -0.239. The molecule has 102 valence electrons. The summed E-state index contributed by atoms with van der Waals surface area (Å²) >= 11 is 0. The van der Waals surface area contributed by atoms with Crippen molar-refractivity contribution in [2.24, 2.45) is 0 Å². The molecule has 0 bridgehead atoms. The molecule has 0 radical (unpaired) electrons. The fraction of sp³-hybridized carbons (Fsp3) is 0.571. The van der Waals surface area contributed by atoms with E-state index in [0.29, 0.717) is 12.3 Å². The number of ether oxygens (including phenoxy) is 1. The van der Waals surface area contributed by atoms with Gasteiger partial charge in [-0.3, -0.25) is 0 Å². The second-order valence-corrected chi connectivity index (χ2v) is 5.02. The Balaban J connectivity index is 2.51. The van der Waals surface area contributed by atoms with Crippen LogP contribution in [0.5, 0.6) is 5.75 Å². The normalized spacial score (nSPS) is 11.6. The van der Waals surface area contributed by atoms with Crippen LogP contribution < -0.4 is 15.8 Å². The second-order valence-electron chi connectivity index (χ2n) is 5.02. The summed E-state index contributed by atoms with van der Waals surface area (Å²) in [6.45, 7) is 7.43. The summed E-state index contributed by atoms with van der Waals surface area (Å²) in [7, 11) is 0. The molecule has 0 saturated carbocycles. The van der Waals surface area contributed by atoms with Gasteiger partial charge in [-0.1, -0.05) is 6.07 Å². The molecule has 4 nitrogen and oxygen atoms in total. The van der Waals surface area contributed by atoms with Gasteiger partial charge >= 0.3 is 0 Å². The SMILES string of the molecule is CCOc1ccc(CCNC(C)(C)CO)cc1N. The standard InChI is InChI=1S/C14H24N2O2/c1-4-18-13-6-5-11(9-12(13)15)7-8-16-14(2,3)10-17/h5-6,9,16-17H,4,7-8,10,15H2,1-3H3. The lowest BCUT2D eigenvalue weighted by Gasteiger charge is -2.23. The van der Waals surface area contributed by atoms with Crippen LogP contribution in [0.3, 0.4) is 0 Å². The third-order valence-electron chi connectivity index (χ3n) is 2.79. The first-order valence-electron chi connectivity index (χ1n) is 6.35. The molecule has 0 aliphatic carbocycles. The summed E-state index contributed by atoms with van der Waals surface area (Å²) in [5.74, 6) is 0.741. The van der Waals surface area contributed by atoms with Crippen LogP contribution in [-0.4, -0.2) is 30.4 Å². The van der Waals surface area contributed by atoms with Gasteiger partial charge in [0.15, 0.2) is 0 Å². The van der Waals surface area contributed by atoms with Gasteiger partial charge in [0.2, 0.25) is 0 Å². The zero-order chi connectivity index (χ0) is 13.6. The molecular weight excluding hydrogens is 228 g/mol. The van der Waals surface area contributed by atoms with E-state index in [1.54, 1.807) is 0 Å². The predicted molar refractivity (Wildman–Crippen MR) is 74.9 cm³/mol. The number of hydrogen-bond acceptors (Lipinski definition) is 4. The van der Waals surface area contributed by atoms with Crippen LogP contribution in [0.4, 0.5) is 5.69 Å².